The van der Waals surface area contributed by atoms with Crippen molar-refractivity contribution < 1.29 is 9.13 Å². The number of rotatable bonds is 6. The summed E-state index contributed by atoms with van der Waals surface area (Å²) in [6, 6.07) is 10.8. The van der Waals surface area contributed by atoms with Crippen molar-refractivity contribution in [1.82, 2.24) is 4.57 Å². The Labute approximate surface area is 134 Å². The lowest BCUT2D eigenvalue weighted by Gasteiger charge is -2.09. The molecule has 0 radical (unpaired) electrons. The first kappa shape index (κ1) is 15.2. The predicted molar refractivity (Wildman–Crippen MR) is 89.2 cm³/mol. The first-order chi connectivity index (χ1) is 10.8. The molecule has 1 atom stereocenters. The number of ether oxygens (including phenoxy) is 1. The second-order valence-electron chi connectivity index (χ2n) is 5.21. The molecule has 0 N–H and O–H groups in total. The van der Waals surface area contributed by atoms with E-state index >= 15 is 0 Å². The first-order valence-corrected chi connectivity index (χ1v) is 8.60. The molecule has 5 heteroatoms. The van der Waals surface area contributed by atoms with Crippen LogP contribution in [0.3, 0.4) is 0 Å². The molecule has 0 fully saturated rings. The fourth-order valence-electron chi connectivity index (χ4n) is 2.43. The maximum Gasteiger partial charge on any atom is 0.233 e. The zero-order valence-electron chi connectivity index (χ0n) is 12.5. The molecular formula is C17H19FN2OS. The van der Waals surface area contributed by atoms with Crippen LogP contribution in [0.4, 0.5) is 4.39 Å². The van der Waals surface area contributed by atoms with E-state index in [-0.39, 0.29) is 11.9 Å². The summed E-state index contributed by atoms with van der Waals surface area (Å²) >= 11 is 1.88. The van der Waals surface area contributed by atoms with E-state index in [2.05, 4.69) is 16.5 Å². The Balaban J connectivity index is 1.73. The minimum atomic E-state index is -0.212. The third-order valence-corrected chi connectivity index (χ3v) is 4.57. The number of hydrogen-bond acceptors (Lipinski definition) is 3. The molecule has 2 aromatic rings. The Kier molecular flexibility index (Phi) is 4.83. The summed E-state index contributed by atoms with van der Waals surface area (Å²) in [5, 5.41) is 0. The lowest BCUT2D eigenvalue weighted by Crippen LogP contribution is -2.11. The molecule has 1 aromatic carbocycles. The van der Waals surface area contributed by atoms with Crippen molar-refractivity contribution in [2.75, 3.05) is 18.1 Å². The molecule has 1 aromatic heterocycles. The lowest BCUT2D eigenvalue weighted by molar-refractivity contribution is 0.323. The normalized spacial score (nSPS) is 17.4. The van der Waals surface area contributed by atoms with Gasteiger partial charge in [0.2, 0.25) is 5.90 Å². The van der Waals surface area contributed by atoms with Crippen LogP contribution in [0.15, 0.2) is 47.6 Å². The summed E-state index contributed by atoms with van der Waals surface area (Å²) in [7, 11) is 0. The molecule has 3 nitrogen and oxygen atoms in total. The maximum atomic E-state index is 13.0. The van der Waals surface area contributed by atoms with E-state index in [4.69, 9.17) is 4.74 Å². The van der Waals surface area contributed by atoms with Crippen LogP contribution in [0.25, 0.3) is 0 Å². The van der Waals surface area contributed by atoms with Gasteiger partial charge >= 0.3 is 0 Å². The van der Waals surface area contributed by atoms with E-state index in [1.165, 1.54) is 12.1 Å². The van der Waals surface area contributed by atoms with E-state index in [1.54, 1.807) is 12.1 Å². The Bertz CT molecular complexity index is 651. The molecule has 2 heterocycles. The average molecular weight is 318 g/mol. The highest BCUT2D eigenvalue weighted by Crippen LogP contribution is 2.17. The number of aromatic nitrogens is 1. The van der Waals surface area contributed by atoms with Gasteiger partial charge in [0.15, 0.2) is 0 Å². The largest absolute Gasteiger partial charge is 0.474 e. The van der Waals surface area contributed by atoms with Crippen LogP contribution >= 0.6 is 11.8 Å². The van der Waals surface area contributed by atoms with Gasteiger partial charge in [0.1, 0.15) is 18.1 Å². The third kappa shape index (κ3) is 3.53. The van der Waals surface area contributed by atoms with Crippen molar-refractivity contribution in [3.05, 3.63) is 59.7 Å². The van der Waals surface area contributed by atoms with Gasteiger partial charge in [-0.05, 0) is 35.6 Å². The fraction of sp³-hybridized carbons (Fsp3) is 0.353. The topological polar surface area (TPSA) is 26.5 Å². The maximum absolute atomic E-state index is 13.0. The van der Waals surface area contributed by atoms with Gasteiger partial charge < -0.3 is 9.30 Å². The lowest BCUT2D eigenvalue weighted by atomic mass is 10.2. The zero-order valence-corrected chi connectivity index (χ0v) is 13.4. The van der Waals surface area contributed by atoms with Gasteiger partial charge in [-0.2, -0.15) is 11.8 Å². The number of halogens is 1. The number of benzene rings is 1. The highest BCUT2D eigenvalue weighted by Gasteiger charge is 2.21. The molecule has 1 aliphatic rings. The Morgan fingerprint density at radius 3 is 2.91 bits per heavy atom. The van der Waals surface area contributed by atoms with Gasteiger partial charge in [-0.25, -0.2) is 9.38 Å². The van der Waals surface area contributed by atoms with Crippen LogP contribution in [0.2, 0.25) is 0 Å². The summed E-state index contributed by atoms with van der Waals surface area (Å²) in [5.74, 6) is 2.60. The number of aliphatic imine (C=N–C) groups is 1. The minimum absolute atomic E-state index is 0.212. The van der Waals surface area contributed by atoms with E-state index in [0.29, 0.717) is 19.0 Å². The molecular weight excluding hydrogens is 299 g/mol. The monoisotopic (exact) mass is 318 g/mol. The predicted octanol–water partition coefficient (Wildman–Crippen LogP) is 3.57. The number of thioether (sulfide) groups is 1. The second kappa shape index (κ2) is 7.01. The van der Waals surface area contributed by atoms with E-state index in [1.807, 2.05) is 30.1 Å². The Morgan fingerprint density at radius 1 is 1.32 bits per heavy atom. The van der Waals surface area contributed by atoms with E-state index in [0.717, 1.165) is 22.8 Å². The standard InChI is InChI=1S/C17H19FN2OS/c1-2-22-12-15-11-21-17(19-15)16-4-3-9-20(16)10-13-5-7-14(18)8-6-13/h3-9,15H,2,10-12H2,1H3/t15-/m0/s1. The zero-order chi connectivity index (χ0) is 15.4. The van der Waals surface area contributed by atoms with Crippen molar-refractivity contribution in [3.8, 4) is 0 Å². The summed E-state index contributed by atoms with van der Waals surface area (Å²) in [4.78, 5) is 4.68. The third-order valence-electron chi connectivity index (χ3n) is 3.54. The second-order valence-corrected chi connectivity index (χ2v) is 6.53. The number of hydrogen-bond donors (Lipinski definition) is 0. The van der Waals surface area contributed by atoms with Crippen LogP contribution in [0, 0.1) is 5.82 Å². The average Bonchev–Trinajstić information content (AvgIpc) is 3.16. The van der Waals surface area contributed by atoms with Gasteiger partial charge in [-0.3, -0.25) is 0 Å². The highest BCUT2D eigenvalue weighted by molar-refractivity contribution is 7.99. The molecule has 116 valence electrons. The van der Waals surface area contributed by atoms with Crippen LogP contribution in [0.1, 0.15) is 18.2 Å². The molecule has 0 amide bonds. The van der Waals surface area contributed by atoms with Crippen molar-refractivity contribution in [2.45, 2.75) is 19.5 Å². The molecule has 0 saturated heterocycles. The summed E-state index contributed by atoms with van der Waals surface area (Å²) in [6.07, 6.45) is 2.00. The first-order valence-electron chi connectivity index (χ1n) is 7.44. The fourth-order valence-corrected chi connectivity index (χ4v) is 3.11. The molecule has 0 spiro atoms. The minimum Gasteiger partial charge on any atom is -0.474 e. The molecule has 1 aliphatic heterocycles. The van der Waals surface area contributed by atoms with Crippen molar-refractivity contribution in [1.29, 1.82) is 0 Å². The summed E-state index contributed by atoms with van der Waals surface area (Å²) < 4.78 is 20.8. The van der Waals surface area contributed by atoms with Crippen LogP contribution in [-0.4, -0.2) is 34.6 Å². The van der Waals surface area contributed by atoms with Crippen LogP contribution < -0.4 is 0 Å². The molecule has 0 unspecified atom stereocenters. The van der Waals surface area contributed by atoms with Gasteiger partial charge in [0.05, 0.1) is 6.04 Å². The van der Waals surface area contributed by atoms with Gasteiger partial charge in [0, 0.05) is 18.5 Å². The van der Waals surface area contributed by atoms with Crippen LogP contribution in [0.5, 0.6) is 0 Å². The van der Waals surface area contributed by atoms with Gasteiger partial charge in [-0.15, -0.1) is 0 Å². The van der Waals surface area contributed by atoms with E-state index < -0.39 is 0 Å². The summed E-state index contributed by atoms with van der Waals surface area (Å²) in [6.45, 7) is 3.49. The van der Waals surface area contributed by atoms with E-state index in [9.17, 15) is 4.39 Å². The van der Waals surface area contributed by atoms with Crippen LogP contribution in [-0.2, 0) is 11.3 Å². The summed E-state index contributed by atoms with van der Waals surface area (Å²) in [5.41, 5.74) is 2.03. The van der Waals surface area contributed by atoms with Crippen molar-refractivity contribution in [2.24, 2.45) is 4.99 Å². The van der Waals surface area contributed by atoms with Gasteiger partial charge in [0.25, 0.3) is 0 Å². The molecule has 22 heavy (non-hydrogen) atoms. The molecule has 3 rings (SSSR count). The highest BCUT2D eigenvalue weighted by atomic mass is 32.2. The smallest absolute Gasteiger partial charge is 0.233 e. The Hall–Kier alpha value is -1.75. The molecule has 0 aliphatic carbocycles. The Morgan fingerprint density at radius 2 is 2.14 bits per heavy atom. The molecule has 0 saturated carbocycles. The quantitative estimate of drug-likeness (QED) is 0.814. The molecule has 0 bridgehead atoms. The van der Waals surface area contributed by atoms with Crippen molar-refractivity contribution >= 4 is 17.7 Å². The SMILES string of the molecule is CCSC[C@@H]1COC(c2cccn2Cc2ccc(F)cc2)=N1. The van der Waals surface area contributed by atoms with Crippen molar-refractivity contribution in [3.63, 3.8) is 0 Å². The number of nitrogens with zero attached hydrogens (tertiary/aromatic N) is 2. The van der Waals surface area contributed by atoms with Gasteiger partial charge in [-0.1, -0.05) is 19.1 Å².